The van der Waals surface area contributed by atoms with Crippen molar-refractivity contribution in [1.29, 1.82) is 0 Å². The van der Waals surface area contributed by atoms with Gasteiger partial charge >= 0.3 is 0 Å². The number of aliphatic imine (C=N–C) groups is 1. The van der Waals surface area contributed by atoms with E-state index in [4.69, 9.17) is 5.73 Å². The molecule has 1 rings (SSSR count). The van der Waals surface area contributed by atoms with Crippen LogP contribution in [0.2, 0.25) is 0 Å². The summed E-state index contributed by atoms with van der Waals surface area (Å²) in [7, 11) is 1.39. The number of hydrogen-bond acceptors (Lipinski definition) is 4. The molecule has 0 saturated heterocycles. The number of nitro groups is 1. The minimum atomic E-state index is -0.607. The first-order chi connectivity index (χ1) is 7.54. The SMILES string of the molecule is CN=C(N)N(Cc1ccc(Br)nc1)[N+](=O)[O-]. The lowest BCUT2D eigenvalue weighted by atomic mass is 10.3. The van der Waals surface area contributed by atoms with Crippen LogP contribution in [0.1, 0.15) is 5.56 Å². The number of halogens is 1. The summed E-state index contributed by atoms with van der Waals surface area (Å²) in [6.45, 7) is 0.0243. The van der Waals surface area contributed by atoms with Crippen molar-refractivity contribution in [2.24, 2.45) is 10.7 Å². The molecule has 0 amide bonds. The Morgan fingerprint density at radius 1 is 1.75 bits per heavy atom. The second-order valence-electron chi connectivity index (χ2n) is 2.87. The van der Waals surface area contributed by atoms with Gasteiger partial charge in [-0.15, -0.1) is 0 Å². The number of hydrazine groups is 1. The zero-order valence-corrected chi connectivity index (χ0v) is 10.1. The number of aromatic nitrogens is 1. The van der Waals surface area contributed by atoms with Gasteiger partial charge in [-0.3, -0.25) is 4.99 Å². The highest BCUT2D eigenvalue weighted by molar-refractivity contribution is 9.10. The predicted octanol–water partition coefficient (Wildman–Crippen LogP) is 0.782. The maximum Gasteiger partial charge on any atom is 0.254 e. The number of guanidine groups is 1. The van der Waals surface area contributed by atoms with Crippen molar-refractivity contribution in [1.82, 2.24) is 9.99 Å². The first-order valence-electron chi connectivity index (χ1n) is 4.29. The summed E-state index contributed by atoms with van der Waals surface area (Å²) in [4.78, 5) is 18.2. The molecule has 0 aliphatic heterocycles. The van der Waals surface area contributed by atoms with Crippen LogP contribution in [-0.2, 0) is 6.54 Å². The summed E-state index contributed by atoms with van der Waals surface area (Å²) in [5.74, 6) is -0.145. The lowest BCUT2D eigenvalue weighted by Gasteiger charge is -2.12. The Kier molecular flexibility index (Phi) is 4.18. The Morgan fingerprint density at radius 3 is 2.88 bits per heavy atom. The normalized spacial score (nSPS) is 11.2. The van der Waals surface area contributed by atoms with Crippen molar-refractivity contribution in [2.75, 3.05) is 7.05 Å². The van der Waals surface area contributed by atoms with Gasteiger partial charge in [-0.05, 0) is 27.6 Å². The summed E-state index contributed by atoms with van der Waals surface area (Å²) in [6.07, 6.45) is 1.53. The summed E-state index contributed by atoms with van der Waals surface area (Å²) in [5.41, 5.74) is 6.07. The van der Waals surface area contributed by atoms with Gasteiger partial charge in [-0.25, -0.2) is 15.1 Å². The number of pyridine rings is 1. The fourth-order valence-electron chi connectivity index (χ4n) is 1.01. The molecule has 8 heteroatoms. The average Bonchev–Trinajstić information content (AvgIpc) is 2.27. The average molecular weight is 288 g/mol. The molecular formula is C8H10BrN5O2. The first-order valence-corrected chi connectivity index (χ1v) is 5.08. The highest BCUT2D eigenvalue weighted by atomic mass is 79.9. The number of hydrogen-bond donors (Lipinski definition) is 1. The first kappa shape index (κ1) is 12.4. The van der Waals surface area contributed by atoms with Crippen molar-refractivity contribution in [2.45, 2.75) is 6.54 Å². The molecule has 86 valence electrons. The largest absolute Gasteiger partial charge is 0.365 e. The summed E-state index contributed by atoms with van der Waals surface area (Å²) >= 11 is 3.18. The van der Waals surface area contributed by atoms with Gasteiger partial charge in [0, 0.05) is 13.2 Å². The summed E-state index contributed by atoms with van der Waals surface area (Å²) in [6, 6.07) is 3.42. The Morgan fingerprint density at radius 2 is 2.44 bits per heavy atom. The topological polar surface area (TPSA) is 97.7 Å². The minimum absolute atomic E-state index is 0.0243. The maximum atomic E-state index is 10.7. The molecule has 7 nitrogen and oxygen atoms in total. The summed E-state index contributed by atoms with van der Waals surface area (Å²) < 4.78 is 0.668. The van der Waals surface area contributed by atoms with Crippen LogP contribution in [0.25, 0.3) is 0 Å². The van der Waals surface area contributed by atoms with Crippen LogP contribution in [0.4, 0.5) is 0 Å². The lowest BCUT2D eigenvalue weighted by Crippen LogP contribution is -2.40. The van der Waals surface area contributed by atoms with Crippen LogP contribution < -0.4 is 5.73 Å². The standard InChI is InChI=1S/C8H10BrN5O2/c1-11-8(10)13(14(15)16)5-6-2-3-7(9)12-4-6/h2-4H,5H2,1H3,(H2,10,11). The van der Waals surface area contributed by atoms with Crippen molar-refractivity contribution in [3.63, 3.8) is 0 Å². The Bertz CT molecular complexity index is 405. The highest BCUT2D eigenvalue weighted by Crippen LogP contribution is 2.08. The minimum Gasteiger partial charge on any atom is -0.365 e. The Labute approximate surface area is 100 Å². The van der Waals surface area contributed by atoms with E-state index in [9.17, 15) is 10.1 Å². The molecule has 0 atom stereocenters. The second kappa shape index (κ2) is 5.40. The van der Waals surface area contributed by atoms with E-state index in [1.165, 1.54) is 13.2 Å². The fraction of sp³-hybridized carbons (Fsp3) is 0.250. The van der Waals surface area contributed by atoms with Gasteiger partial charge in [0.25, 0.3) is 5.96 Å². The maximum absolute atomic E-state index is 10.7. The van der Waals surface area contributed by atoms with E-state index in [1.807, 2.05) is 0 Å². The number of nitrogens with zero attached hydrogens (tertiary/aromatic N) is 4. The zero-order chi connectivity index (χ0) is 12.1. The number of nitrogens with two attached hydrogens (primary N) is 1. The second-order valence-corrected chi connectivity index (χ2v) is 3.68. The molecule has 0 bridgehead atoms. The van der Waals surface area contributed by atoms with E-state index in [0.29, 0.717) is 10.2 Å². The van der Waals surface area contributed by atoms with Crippen molar-refractivity contribution >= 4 is 21.9 Å². The molecule has 1 aromatic heterocycles. The lowest BCUT2D eigenvalue weighted by molar-refractivity contribution is -0.633. The Balaban J connectivity index is 2.84. The molecule has 0 fully saturated rings. The molecule has 1 heterocycles. The fourth-order valence-corrected chi connectivity index (χ4v) is 1.25. The van der Waals surface area contributed by atoms with E-state index in [0.717, 1.165) is 5.01 Å². The number of rotatable bonds is 3. The van der Waals surface area contributed by atoms with Crippen molar-refractivity contribution in [3.05, 3.63) is 38.6 Å². The van der Waals surface area contributed by atoms with E-state index in [-0.39, 0.29) is 12.5 Å². The summed E-state index contributed by atoms with van der Waals surface area (Å²) in [5, 5.41) is 10.9. The molecule has 0 aromatic carbocycles. The zero-order valence-electron chi connectivity index (χ0n) is 8.50. The third-order valence-electron chi connectivity index (χ3n) is 1.81. The van der Waals surface area contributed by atoms with Crippen LogP contribution in [0, 0.1) is 10.1 Å². The Hall–Kier alpha value is -1.70. The van der Waals surface area contributed by atoms with E-state index >= 15 is 0 Å². The third kappa shape index (κ3) is 3.16. The van der Waals surface area contributed by atoms with Gasteiger partial charge in [-0.2, -0.15) is 0 Å². The van der Waals surface area contributed by atoms with E-state index < -0.39 is 5.03 Å². The van der Waals surface area contributed by atoms with Crippen molar-refractivity contribution in [3.8, 4) is 0 Å². The van der Waals surface area contributed by atoms with Crippen LogP contribution >= 0.6 is 15.9 Å². The predicted molar refractivity (Wildman–Crippen MR) is 62.0 cm³/mol. The highest BCUT2D eigenvalue weighted by Gasteiger charge is 2.19. The third-order valence-corrected chi connectivity index (χ3v) is 2.28. The molecule has 16 heavy (non-hydrogen) atoms. The molecule has 1 aromatic rings. The molecule has 0 saturated carbocycles. The quantitative estimate of drug-likeness (QED) is 0.291. The van der Waals surface area contributed by atoms with Gasteiger partial charge in [0.2, 0.25) is 0 Å². The molecule has 0 aliphatic carbocycles. The molecule has 2 N–H and O–H groups in total. The van der Waals surface area contributed by atoms with Gasteiger partial charge in [0.15, 0.2) is 5.03 Å². The van der Waals surface area contributed by atoms with Gasteiger partial charge in [-0.1, -0.05) is 11.1 Å². The van der Waals surface area contributed by atoms with Gasteiger partial charge in [0.1, 0.15) is 11.1 Å². The van der Waals surface area contributed by atoms with Gasteiger partial charge in [0.05, 0.1) is 0 Å². The molecule has 0 aliphatic rings. The smallest absolute Gasteiger partial charge is 0.254 e. The van der Waals surface area contributed by atoms with Gasteiger partial charge < -0.3 is 5.73 Å². The molecule has 0 radical (unpaired) electrons. The molecule has 0 unspecified atom stereocenters. The molecular weight excluding hydrogens is 278 g/mol. The molecule has 0 spiro atoms. The van der Waals surface area contributed by atoms with E-state index in [2.05, 4.69) is 25.9 Å². The van der Waals surface area contributed by atoms with Crippen molar-refractivity contribution < 1.29 is 5.03 Å². The van der Waals surface area contributed by atoms with Crippen LogP contribution in [-0.4, -0.2) is 28.0 Å². The van der Waals surface area contributed by atoms with Crippen LogP contribution in [0.15, 0.2) is 27.9 Å². The van der Waals surface area contributed by atoms with E-state index in [1.54, 1.807) is 12.1 Å². The van der Waals surface area contributed by atoms with Crippen LogP contribution in [0.5, 0.6) is 0 Å². The monoisotopic (exact) mass is 287 g/mol. The van der Waals surface area contributed by atoms with Crippen LogP contribution in [0.3, 0.4) is 0 Å².